The summed E-state index contributed by atoms with van der Waals surface area (Å²) in [6.07, 6.45) is 4.27. The first-order chi connectivity index (χ1) is 7.36. The second kappa shape index (κ2) is 7.60. The number of nitrogens with one attached hydrogen (secondary N) is 1. The molecule has 15 heavy (non-hydrogen) atoms. The van der Waals surface area contributed by atoms with Crippen LogP contribution in [0.2, 0.25) is 0 Å². The van der Waals surface area contributed by atoms with Crippen LogP contribution in [0.4, 0.5) is 5.69 Å². The molecule has 0 fully saturated rings. The number of benzene rings is 1. The summed E-state index contributed by atoms with van der Waals surface area (Å²) in [5.74, 6) is 1.16. The predicted octanol–water partition coefficient (Wildman–Crippen LogP) is 2.60. The van der Waals surface area contributed by atoms with E-state index in [0.717, 1.165) is 24.3 Å². The van der Waals surface area contributed by atoms with E-state index in [4.69, 9.17) is 0 Å². The molecule has 0 aliphatic heterocycles. The van der Waals surface area contributed by atoms with Gasteiger partial charge in [-0.15, -0.1) is 0 Å². The standard InChI is InChI=1S/C12H19NOS/c1-15-9-5-8-12(10-14)13-11-6-3-2-4-7-11/h2-4,6-7,12-14H,5,8-10H2,1H3. The Kier molecular flexibility index (Phi) is 6.28. The third kappa shape index (κ3) is 5.09. The van der Waals surface area contributed by atoms with Crippen LogP contribution >= 0.6 is 11.8 Å². The Labute approximate surface area is 96.1 Å². The molecular formula is C12H19NOS. The lowest BCUT2D eigenvalue weighted by molar-refractivity contribution is 0.268. The molecule has 84 valence electrons. The maximum absolute atomic E-state index is 9.22. The van der Waals surface area contributed by atoms with Crippen LogP contribution in [0.1, 0.15) is 12.8 Å². The number of rotatable bonds is 7. The van der Waals surface area contributed by atoms with Crippen molar-refractivity contribution in [2.75, 3.05) is 23.9 Å². The molecule has 2 N–H and O–H groups in total. The van der Waals surface area contributed by atoms with Gasteiger partial charge in [0.25, 0.3) is 0 Å². The molecule has 1 aromatic carbocycles. The minimum absolute atomic E-state index is 0.180. The van der Waals surface area contributed by atoms with Crippen molar-refractivity contribution in [3.05, 3.63) is 30.3 Å². The van der Waals surface area contributed by atoms with Crippen molar-refractivity contribution < 1.29 is 5.11 Å². The van der Waals surface area contributed by atoms with Crippen molar-refractivity contribution in [3.63, 3.8) is 0 Å². The second-order valence-corrected chi connectivity index (χ2v) is 4.51. The van der Waals surface area contributed by atoms with Crippen LogP contribution in [-0.4, -0.2) is 29.8 Å². The smallest absolute Gasteiger partial charge is 0.0632 e. The molecule has 0 radical (unpaired) electrons. The fraction of sp³-hybridized carbons (Fsp3) is 0.500. The maximum atomic E-state index is 9.22. The molecule has 0 aliphatic rings. The van der Waals surface area contributed by atoms with Crippen molar-refractivity contribution >= 4 is 17.4 Å². The Bertz CT molecular complexity index is 253. The number of hydrogen-bond acceptors (Lipinski definition) is 3. The number of aliphatic hydroxyl groups is 1. The molecular weight excluding hydrogens is 206 g/mol. The SMILES string of the molecule is CSCCCC(CO)Nc1ccccc1. The first kappa shape index (κ1) is 12.4. The molecule has 1 atom stereocenters. The molecule has 0 amide bonds. The van der Waals surface area contributed by atoms with E-state index in [1.807, 2.05) is 42.1 Å². The van der Waals surface area contributed by atoms with E-state index in [0.29, 0.717) is 0 Å². The lowest BCUT2D eigenvalue weighted by Crippen LogP contribution is -2.23. The summed E-state index contributed by atoms with van der Waals surface area (Å²) in [5.41, 5.74) is 1.08. The molecule has 0 saturated heterocycles. The van der Waals surface area contributed by atoms with Gasteiger partial charge in [-0.05, 0) is 37.0 Å². The van der Waals surface area contributed by atoms with Gasteiger partial charge in [-0.25, -0.2) is 0 Å². The topological polar surface area (TPSA) is 32.3 Å². The normalized spacial score (nSPS) is 12.4. The number of hydrogen-bond donors (Lipinski definition) is 2. The fourth-order valence-electron chi connectivity index (χ4n) is 1.45. The molecule has 0 aromatic heterocycles. The van der Waals surface area contributed by atoms with Crippen LogP contribution in [0.3, 0.4) is 0 Å². The first-order valence-electron chi connectivity index (χ1n) is 5.28. The van der Waals surface area contributed by atoms with Crippen molar-refractivity contribution in [3.8, 4) is 0 Å². The number of anilines is 1. The van der Waals surface area contributed by atoms with Crippen LogP contribution in [0.15, 0.2) is 30.3 Å². The van der Waals surface area contributed by atoms with Gasteiger partial charge in [0.2, 0.25) is 0 Å². The summed E-state index contributed by atoms with van der Waals surface area (Å²) < 4.78 is 0. The molecule has 0 heterocycles. The van der Waals surface area contributed by atoms with E-state index < -0.39 is 0 Å². The van der Waals surface area contributed by atoms with Crippen molar-refractivity contribution in [2.24, 2.45) is 0 Å². The summed E-state index contributed by atoms with van der Waals surface area (Å²) in [6, 6.07) is 10.2. The molecule has 1 unspecified atom stereocenters. The summed E-state index contributed by atoms with van der Waals surface area (Å²) in [6.45, 7) is 0.198. The predicted molar refractivity (Wildman–Crippen MR) is 68.6 cm³/mol. The van der Waals surface area contributed by atoms with E-state index in [1.54, 1.807) is 0 Å². The highest BCUT2D eigenvalue weighted by Crippen LogP contribution is 2.11. The zero-order valence-corrected chi connectivity index (χ0v) is 9.96. The van der Waals surface area contributed by atoms with Gasteiger partial charge in [-0.2, -0.15) is 11.8 Å². The Morgan fingerprint density at radius 3 is 2.67 bits per heavy atom. The average molecular weight is 225 g/mol. The first-order valence-corrected chi connectivity index (χ1v) is 6.67. The van der Waals surface area contributed by atoms with Gasteiger partial charge < -0.3 is 10.4 Å². The Balaban J connectivity index is 2.33. The van der Waals surface area contributed by atoms with E-state index in [-0.39, 0.29) is 12.6 Å². The van der Waals surface area contributed by atoms with Crippen molar-refractivity contribution in [1.82, 2.24) is 0 Å². The summed E-state index contributed by atoms with van der Waals surface area (Å²) in [5, 5.41) is 12.5. The highest BCUT2D eigenvalue weighted by Gasteiger charge is 2.05. The molecule has 1 rings (SSSR count). The molecule has 2 nitrogen and oxygen atoms in total. The molecule has 0 spiro atoms. The zero-order chi connectivity index (χ0) is 10.9. The Morgan fingerprint density at radius 2 is 2.07 bits per heavy atom. The largest absolute Gasteiger partial charge is 0.394 e. The maximum Gasteiger partial charge on any atom is 0.0632 e. The number of thioether (sulfide) groups is 1. The highest BCUT2D eigenvalue weighted by atomic mass is 32.2. The highest BCUT2D eigenvalue weighted by molar-refractivity contribution is 7.98. The minimum Gasteiger partial charge on any atom is -0.394 e. The quantitative estimate of drug-likeness (QED) is 0.700. The van der Waals surface area contributed by atoms with Crippen LogP contribution in [-0.2, 0) is 0 Å². The van der Waals surface area contributed by atoms with E-state index in [1.165, 1.54) is 0 Å². The van der Waals surface area contributed by atoms with Gasteiger partial charge in [-0.3, -0.25) is 0 Å². The zero-order valence-electron chi connectivity index (χ0n) is 9.15. The monoisotopic (exact) mass is 225 g/mol. The lowest BCUT2D eigenvalue weighted by atomic mass is 10.1. The van der Waals surface area contributed by atoms with Gasteiger partial charge in [0.05, 0.1) is 6.61 Å². The third-order valence-electron chi connectivity index (χ3n) is 2.27. The Hall–Kier alpha value is -0.670. The van der Waals surface area contributed by atoms with Crippen molar-refractivity contribution in [1.29, 1.82) is 0 Å². The van der Waals surface area contributed by atoms with E-state index in [2.05, 4.69) is 11.6 Å². The van der Waals surface area contributed by atoms with Crippen LogP contribution in [0, 0.1) is 0 Å². The van der Waals surface area contributed by atoms with Crippen molar-refractivity contribution in [2.45, 2.75) is 18.9 Å². The third-order valence-corrected chi connectivity index (χ3v) is 2.96. The summed E-state index contributed by atoms with van der Waals surface area (Å²) in [4.78, 5) is 0. The second-order valence-electron chi connectivity index (χ2n) is 3.52. The van der Waals surface area contributed by atoms with Gasteiger partial charge in [0, 0.05) is 11.7 Å². The van der Waals surface area contributed by atoms with Crippen LogP contribution in [0.5, 0.6) is 0 Å². The molecule has 0 aliphatic carbocycles. The number of aliphatic hydroxyl groups excluding tert-OH is 1. The molecule has 0 saturated carbocycles. The molecule has 1 aromatic rings. The van der Waals surface area contributed by atoms with Gasteiger partial charge in [0.1, 0.15) is 0 Å². The van der Waals surface area contributed by atoms with E-state index >= 15 is 0 Å². The fourth-order valence-corrected chi connectivity index (χ4v) is 1.91. The summed E-state index contributed by atoms with van der Waals surface area (Å²) >= 11 is 1.85. The van der Waals surface area contributed by atoms with Gasteiger partial charge >= 0.3 is 0 Å². The van der Waals surface area contributed by atoms with Gasteiger partial charge in [-0.1, -0.05) is 18.2 Å². The lowest BCUT2D eigenvalue weighted by Gasteiger charge is -2.17. The van der Waals surface area contributed by atoms with E-state index in [9.17, 15) is 5.11 Å². The molecule has 0 bridgehead atoms. The Morgan fingerprint density at radius 1 is 1.33 bits per heavy atom. The van der Waals surface area contributed by atoms with Crippen LogP contribution in [0.25, 0.3) is 0 Å². The average Bonchev–Trinajstić information content (AvgIpc) is 2.29. The van der Waals surface area contributed by atoms with Crippen LogP contribution < -0.4 is 5.32 Å². The van der Waals surface area contributed by atoms with Gasteiger partial charge in [0.15, 0.2) is 0 Å². The molecule has 3 heteroatoms. The minimum atomic E-state index is 0.180. The number of para-hydroxylation sites is 1. The summed E-state index contributed by atoms with van der Waals surface area (Å²) in [7, 11) is 0.